The molecule has 0 aromatic carbocycles. The quantitative estimate of drug-likeness (QED) is 0.479. The Morgan fingerprint density at radius 3 is 2.08 bits per heavy atom. The first-order valence-corrected chi connectivity index (χ1v) is 4.32. The average molecular weight is 182 g/mol. The number of rotatable bonds is 5. The van der Waals surface area contributed by atoms with Crippen molar-refractivity contribution in [2.75, 3.05) is 0 Å². The third kappa shape index (κ3) is 2.62. The maximum absolute atomic E-state index is 10.2. The lowest BCUT2D eigenvalue weighted by molar-refractivity contribution is 0.338. The minimum atomic E-state index is -0.584. The van der Waals surface area contributed by atoms with Crippen molar-refractivity contribution >= 4 is 12.2 Å². The van der Waals surface area contributed by atoms with E-state index < -0.39 is 5.54 Å². The predicted molar refractivity (Wildman–Crippen MR) is 49.0 cm³/mol. The molecular formula is C9H14N2O2. The van der Waals surface area contributed by atoms with Crippen molar-refractivity contribution in [2.24, 2.45) is 9.98 Å². The van der Waals surface area contributed by atoms with Crippen LogP contribution < -0.4 is 0 Å². The van der Waals surface area contributed by atoms with Gasteiger partial charge in [-0.1, -0.05) is 13.8 Å². The van der Waals surface area contributed by atoms with E-state index in [2.05, 4.69) is 9.98 Å². The standard InChI is InChI=1S/C9H14N2O2/c1-4-9(5-2,11-7-13)8(3)10-6-12/h8H,4-5H2,1-3H3. The van der Waals surface area contributed by atoms with Crippen LogP contribution in [0.1, 0.15) is 33.6 Å². The lowest BCUT2D eigenvalue weighted by Gasteiger charge is -2.28. The van der Waals surface area contributed by atoms with Crippen LogP contribution in [0.3, 0.4) is 0 Å². The lowest BCUT2D eigenvalue weighted by Crippen LogP contribution is -2.36. The average Bonchev–Trinajstić information content (AvgIpc) is 2.14. The number of isocyanates is 2. The number of carbonyl (C=O) groups excluding carboxylic acids is 2. The molecule has 0 rings (SSSR count). The smallest absolute Gasteiger partial charge is 0.211 e. The molecule has 4 heteroatoms. The van der Waals surface area contributed by atoms with E-state index in [-0.39, 0.29) is 6.04 Å². The van der Waals surface area contributed by atoms with Gasteiger partial charge in [0.05, 0.1) is 11.6 Å². The van der Waals surface area contributed by atoms with Crippen LogP contribution in [0.5, 0.6) is 0 Å². The van der Waals surface area contributed by atoms with Gasteiger partial charge in [-0.25, -0.2) is 14.6 Å². The highest BCUT2D eigenvalue weighted by Gasteiger charge is 2.32. The Kier molecular flexibility index (Phi) is 4.90. The molecule has 1 unspecified atom stereocenters. The van der Waals surface area contributed by atoms with Gasteiger partial charge >= 0.3 is 0 Å². The van der Waals surface area contributed by atoms with Gasteiger partial charge in [-0.15, -0.1) is 0 Å². The van der Waals surface area contributed by atoms with E-state index in [1.165, 1.54) is 12.2 Å². The molecule has 0 radical (unpaired) electrons. The van der Waals surface area contributed by atoms with Crippen molar-refractivity contribution in [1.82, 2.24) is 0 Å². The first-order chi connectivity index (χ1) is 6.16. The maximum Gasteiger partial charge on any atom is 0.235 e. The summed E-state index contributed by atoms with van der Waals surface area (Å²) >= 11 is 0. The summed E-state index contributed by atoms with van der Waals surface area (Å²) in [6.07, 6.45) is 4.34. The summed E-state index contributed by atoms with van der Waals surface area (Å²) in [5.41, 5.74) is -0.584. The molecule has 0 saturated heterocycles. The molecule has 13 heavy (non-hydrogen) atoms. The second-order valence-electron chi connectivity index (χ2n) is 2.91. The Bertz CT molecular complexity index is 246. The fraction of sp³-hybridized carbons (Fsp3) is 0.778. The lowest BCUT2D eigenvalue weighted by atomic mass is 9.86. The summed E-state index contributed by atoms with van der Waals surface area (Å²) in [5.74, 6) is 0. The molecule has 4 nitrogen and oxygen atoms in total. The van der Waals surface area contributed by atoms with Crippen molar-refractivity contribution in [1.29, 1.82) is 0 Å². The van der Waals surface area contributed by atoms with Crippen molar-refractivity contribution < 1.29 is 9.59 Å². The van der Waals surface area contributed by atoms with Gasteiger partial charge in [-0.2, -0.15) is 4.99 Å². The Hall–Kier alpha value is -1.24. The van der Waals surface area contributed by atoms with Gasteiger partial charge < -0.3 is 0 Å². The van der Waals surface area contributed by atoms with Crippen molar-refractivity contribution in [3.05, 3.63) is 0 Å². The molecule has 0 N–H and O–H groups in total. The highest BCUT2D eigenvalue weighted by Crippen LogP contribution is 2.26. The van der Waals surface area contributed by atoms with Gasteiger partial charge in [0.25, 0.3) is 0 Å². The van der Waals surface area contributed by atoms with Crippen molar-refractivity contribution in [2.45, 2.75) is 45.2 Å². The molecule has 0 aromatic rings. The summed E-state index contributed by atoms with van der Waals surface area (Å²) < 4.78 is 0. The van der Waals surface area contributed by atoms with Crippen LogP contribution in [0.4, 0.5) is 0 Å². The summed E-state index contributed by atoms with van der Waals surface area (Å²) in [4.78, 5) is 27.6. The Morgan fingerprint density at radius 2 is 1.77 bits per heavy atom. The molecule has 0 spiro atoms. The molecule has 0 aliphatic rings. The number of nitrogens with zero attached hydrogens (tertiary/aromatic N) is 2. The highest BCUT2D eigenvalue weighted by atomic mass is 16.1. The SMILES string of the molecule is CCC(CC)(N=C=O)C(C)N=C=O. The number of hydrogen-bond acceptors (Lipinski definition) is 4. The van der Waals surface area contributed by atoms with Crippen LogP contribution in [0.2, 0.25) is 0 Å². The summed E-state index contributed by atoms with van der Waals surface area (Å²) in [5, 5.41) is 0. The van der Waals surface area contributed by atoms with E-state index >= 15 is 0 Å². The second-order valence-corrected chi connectivity index (χ2v) is 2.91. The zero-order chi connectivity index (χ0) is 10.3. The van der Waals surface area contributed by atoms with E-state index in [0.717, 1.165) is 0 Å². The van der Waals surface area contributed by atoms with E-state index in [4.69, 9.17) is 0 Å². The normalized spacial score (nSPS) is 12.5. The molecule has 0 amide bonds. The molecular weight excluding hydrogens is 168 g/mol. The fourth-order valence-electron chi connectivity index (χ4n) is 1.38. The highest BCUT2D eigenvalue weighted by molar-refractivity contribution is 5.37. The topological polar surface area (TPSA) is 58.9 Å². The molecule has 72 valence electrons. The summed E-state index contributed by atoms with van der Waals surface area (Å²) in [6.45, 7) is 5.56. The molecule has 0 aliphatic carbocycles. The van der Waals surface area contributed by atoms with E-state index in [1.807, 2.05) is 13.8 Å². The minimum Gasteiger partial charge on any atom is -0.211 e. The van der Waals surface area contributed by atoms with E-state index in [9.17, 15) is 9.59 Å². The molecule has 1 atom stereocenters. The van der Waals surface area contributed by atoms with Crippen molar-refractivity contribution in [3.8, 4) is 0 Å². The van der Waals surface area contributed by atoms with Crippen LogP contribution in [-0.2, 0) is 9.59 Å². The third-order valence-electron chi connectivity index (χ3n) is 2.52. The molecule has 0 aromatic heterocycles. The van der Waals surface area contributed by atoms with Gasteiger partial charge in [0, 0.05) is 0 Å². The molecule has 0 saturated carbocycles. The largest absolute Gasteiger partial charge is 0.235 e. The Morgan fingerprint density at radius 1 is 1.23 bits per heavy atom. The van der Waals surface area contributed by atoms with E-state index in [1.54, 1.807) is 6.92 Å². The molecule has 0 fully saturated rings. The third-order valence-corrected chi connectivity index (χ3v) is 2.52. The van der Waals surface area contributed by atoms with Gasteiger partial charge in [0.15, 0.2) is 0 Å². The number of hydrogen-bond donors (Lipinski definition) is 0. The van der Waals surface area contributed by atoms with Crippen LogP contribution in [0.15, 0.2) is 9.98 Å². The van der Waals surface area contributed by atoms with Gasteiger partial charge in [0.1, 0.15) is 0 Å². The fourth-order valence-corrected chi connectivity index (χ4v) is 1.38. The monoisotopic (exact) mass is 182 g/mol. The van der Waals surface area contributed by atoms with Crippen LogP contribution in [0.25, 0.3) is 0 Å². The van der Waals surface area contributed by atoms with E-state index in [0.29, 0.717) is 12.8 Å². The van der Waals surface area contributed by atoms with Gasteiger partial charge in [-0.05, 0) is 19.8 Å². The Balaban J connectivity index is 4.94. The minimum absolute atomic E-state index is 0.318. The van der Waals surface area contributed by atoms with Crippen LogP contribution >= 0.6 is 0 Å². The first-order valence-electron chi connectivity index (χ1n) is 4.32. The zero-order valence-electron chi connectivity index (χ0n) is 8.20. The first kappa shape index (κ1) is 11.8. The molecule has 0 bridgehead atoms. The van der Waals surface area contributed by atoms with Gasteiger partial charge in [-0.3, -0.25) is 0 Å². The molecule has 0 aliphatic heterocycles. The Labute approximate surface area is 77.8 Å². The number of aliphatic imine (C=N–C) groups is 2. The van der Waals surface area contributed by atoms with Gasteiger partial charge in [0.2, 0.25) is 12.2 Å². The van der Waals surface area contributed by atoms with Crippen molar-refractivity contribution in [3.63, 3.8) is 0 Å². The zero-order valence-corrected chi connectivity index (χ0v) is 8.20. The predicted octanol–water partition coefficient (Wildman–Crippen LogP) is 1.61. The summed E-state index contributed by atoms with van der Waals surface area (Å²) in [7, 11) is 0. The van der Waals surface area contributed by atoms with Crippen LogP contribution in [0, 0.1) is 0 Å². The molecule has 0 heterocycles. The maximum atomic E-state index is 10.2. The summed E-state index contributed by atoms with van der Waals surface area (Å²) in [6, 6.07) is -0.318. The van der Waals surface area contributed by atoms with Crippen LogP contribution in [-0.4, -0.2) is 23.7 Å². The second kappa shape index (κ2) is 5.41.